The predicted octanol–water partition coefficient (Wildman–Crippen LogP) is 2.70. The molecule has 27 heavy (non-hydrogen) atoms. The molecule has 154 valence electrons. The lowest BCUT2D eigenvalue weighted by atomic mass is 9.85. The maximum absolute atomic E-state index is 12.7. The molecule has 1 heterocycles. The second-order valence-corrected chi connectivity index (χ2v) is 9.27. The van der Waals surface area contributed by atoms with Crippen LogP contribution in [0.25, 0.3) is 0 Å². The smallest absolute Gasteiger partial charge is 0.357 e. The van der Waals surface area contributed by atoms with Gasteiger partial charge in [-0.05, 0) is 44.1 Å². The van der Waals surface area contributed by atoms with Gasteiger partial charge in [0.2, 0.25) is 10.0 Å². The van der Waals surface area contributed by atoms with Gasteiger partial charge in [0.05, 0.1) is 12.5 Å². The monoisotopic (exact) mass is 426 g/mol. The molecule has 1 aromatic rings. The molecule has 0 unspecified atom stereocenters. The molecular formula is C16H25F3N4O2S2. The number of halogens is 3. The fourth-order valence-corrected chi connectivity index (χ4v) is 4.97. The first-order valence-corrected chi connectivity index (χ1v) is 11.2. The van der Waals surface area contributed by atoms with E-state index >= 15 is 0 Å². The summed E-state index contributed by atoms with van der Waals surface area (Å²) < 4.78 is 65.0. The molecule has 1 aliphatic rings. The fourth-order valence-electron chi connectivity index (χ4n) is 2.91. The minimum atomic E-state index is -4.12. The molecule has 0 radical (unpaired) electrons. The van der Waals surface area contributed by atoms with Crippen LogP contribution >= 0.6 is 11.3 Å². The first-order chi connectivity index (χ1) is 12.7. The molecule has 0 saturated heterocycles. The average molecular weight is 427 g/mol. The molecule has 0 aromatic carbocycles. The van der Waals surface area contributed by atoms with Crippen LogP contribution in [-0.4, -0.2) is 46.2 Å². The normalized spacial score (nSPS) is 21.9. The van der Waals surface area contributed by atoms with Gasteiger partial charge < -0.3 is 10.6 Å². The first kappa shape index (κ1) is 22.0. The van der Waals surface area contributed by atoms with Gasteiger partial charge >= 0.3 is 6.18 Å². The molecule has 1 fully saturated rings. The summed E-state index contributed by atoms with van der Waals surface area (Å²) >= 11 is 1.14. The van der Waals surface area contributed by atoms with Crippen molar-refractivity contribution in [1.82, 2.24) is 15.4 Å². The van der Waals surface area contributed by atoms with Crippen molar-refractivity contribution in [3.63, 3.8) is 0 Å². The molecule has 0 atom stereocenters. The van der Waals surface area contributed by atoms with Gasteiger partial charge in [-0.2, -0.15) is 13.2 Å². The maximum atomic E-state index is 12.7. The maximum Gasteiger partial charge on any atom is 0.391 e. The van der Waals surface area contributed by atoms with Crippen LogP contribution in [0.3, 0.4) is 0 Å². The molecular weight excluding hydrogens is 401 g/mol. The Morgan fingerprint density at radius 2 is 2.00 bits per heavy atom. The van der Waals surface area contributed by atoms with Gasteiger partial charge in [0.25, 0.3) is 0 Å². The molecule has 0 bridgehead atoms. The highest BCUT2D eigenvalue weighted by atomic mass is 32.2. The zero-order chi connectivity index (χ0) is 19.9. The van der Waals surface area contributed by atoms with Crippen LogP contribution in [0, 0.1) is 5.92 Å². The van der Waals surface area contributed by atoms with Gasteiger partial charge in [-0.3, -0.25) is 4.99 Å². The van der Waals surface area contributed by atoms with E-state index in [2.05, 4.69) is 20.3 Å². The summed E-state index contributed by atoms with van der Waals surface area (Å²) in [5.41, 5.74) is 0. The quantitative estimate of drug-likeness (QED) is 0.356. The SMILES string of the molecule is CCNC(=NCCNS(=O)(=O)c1cccs1)NC1CCC(C(F)(F)F)CC1. The van der Waals surface area contributed by atoms with Gasteiger partial charge in [-0.15, -0.1) is 11.3 Å². The molecule has 11 heteroatoms. The minimum absolute atomic E-state index is 0.0655. The van der Waals surface area contributed by atoms with Crippen molar-refractivity contribution in [3.05, 3.63) is 17.5 Å². The minimum Gasteiger partial charge on any atom is -0.357 e. The Morgan fingerprint density at radius 1 is 1.30 bits per heavy atom. The van der Waals surface area contributed by atoms with Crippen LogP contribution in [0.5, 0.6) is 0 Å². The Bertz CT molecular complexity index is 698. The van der Waals surface area contributed by atoms with E-state index < -0.39 is 22.1 Å². The summed E-state index contributed by atoms with van der Waals surface area (Å²) in [6, 6.07) is 3.13. The molecule has 1 aromatic heterocycles. The summed E-state index contributed by atoms with van der Waals surface area (Å²) in [4.78, 5) is 4.31. The Morgan fingerprint density at radius 3 is 2.56 bits per heavy atom. The van der Waals surface area contributed by atoms with E-state index in [1.165, 1.54) is 6.07 Å². The highest BCUT2D eigenvalue weighted by molar-refractivity contribution is 7.91. The highest BCUT2D eigenvalue weighted by Crippen LogP contribution is 2.37. The fraction of sp³-hybridized carbons (Fsp3) is 0.688. The van der Waals surface area contributed by atoms with E-state index in [-0.39, 0.29) is 36.2 Å². The second-order valence-electron chi connectivity index (χ2n) is 6.33. The molecule has 2 rings (SSSR count). The largest absolute Gasteiger partial charge is 0.391 e. The van der Waals surface area contributed by atoms with Gasteiger partial charge in [0.1, 0.15) is 4.21 Å². The average Bonchev–Trinajstić information content (AvgIpc) is 3.14. The number of guanidine groups is 1. The van der Waals surface area contributed by atoms with E-state index in [0.29, 0.717) is 25.3 Å². The number of sulfonamides is 1. The third kappa shape index (κ3) is 6.96. The number of alkyl halides is 3. The van der Waals surface area contributed by atoms with Crippen LogP contribution in [0.2, 0.25) is 0 Å². The highest BCUT2D eigenvalue weighted by Gasteiger charge is 2.41. The Hall–Kier alpha value is -1.33. The Labute approximate surface area is 161 Å². The zero-order valence-corrected chi connectivity index (χ0v) is 16.7. The topological polar surface area (TPSA) is 82.6 Å². The van der Waals surface area contributed by atoms with E-state index in [1.807, 2.05) is 6.92 Å². The molecule has 0 aliphatic heterocycles. The molecule has 1 saturated carbocycles. The van der Waals surface area contributed by atoms with Crippen LogP contribution in [-0.2, 0) is 10.0 Å². The number of nitrogens with one attached hydrogen (secondary N) is 3. The number of hydrogen-bond acceptors (Lipinski definition) is 4. The molecule has 6 nitrogen and oxygen atoms in total. The lowest BCUT2D eigenvalue weighted by Crippen LogP contribution is -2.46. The van der Waals surface area contributed by atoms with Crippen molar-refractivity contribution in [3.8, 4) is 0 Å². The Balaban J connectivity index is 1.81. The van der Waals surface area contributed by atoms with Crippen LogP contribution in [0.4, 0.5) is 13.2 Å². The van der Waals surface area contributed by atoms with Crippen LogP contribution in [0.1, 0.15) is 32.6 Å². The van der Waals surface area contributed by atoms with Gasteiger partial charge in [0, 0.05) is 19.1 Å². The van der Waals surface area contributed by atoms with Crippen molar-refractivity contribution < 1.29 is 21.6 Å². The standard InChI is InChI=1S/C16H25F3N4O2S2/c1-2-20-15(23-13-7-5-12(6-8-13)16(17,18)19)21-9-10-22-27(24,25)14-4-3-11-26-14/h3-4,11-13,22H,2,5-10H2,1H3,(H2,20,21,23). The second kappa shape index (κ2) is 9.74. The van der Waals surface area contributed by atoms with Crippen molar-refractivity contribution >= 4 is 27.3 Å². The lowest BCUT2D eigenvalue weighted by Gasteiger charge is -2.31. The van der Waals surface area contributed by atoms with Gasteiger partial charge in [-0.1, -0.05) is 6.07 Å². The third-order valence-electron chi connectivity index (χ3n) is 4.31. The Kier molecular flexibility index (Phi) is 7.92. The number of rotatable bonds is 7. The summed E-state index contributed by atoms with van der Waals surface area (Å²) in [5.74, 6) is -0.731. The van der Waals surface area contributed by atoms with E-state index in [4.69, 9.17) is 0 Å². The molecule has 1 aliphatic carbocycles. The third-order valence-corrected chi connectivity index (χ3v) is 7.17. The lowest BCUT2D eigenvalue weighted by molar-refractivity contribution is -0.182. The van der Waals surface area contributed by atoms with Gasteiger partial charge in [-0.25, -0.2) is 13.1 Å². The number of thiophene rings is 1. The zero-order valence-electron chi connectivity index (χ0n) is 15.1. The van der Waals surface area contributed by atoms with Gasteiger partial charge in [0.15, 0.2) is 5.96 Å². The summed E-state index contributed by atoms with van der Waals surface area (Å²) in [5, 5.41) is 7.88. The first-order valence-electron chi connectivity index (χ1n) is 8.87. The van der Waals surface area contributed by atoms with E-state index in [0.717, 1.165) is 11.3 Å². The molecule has 0 spiro atoms. The van der Waals surface area contributed by atoms with Crippen LogP contribution in [0.15, 0.2) is 26.7 Å². The van der Waals surface area contributed by atoms with Crippen molar-refractivity contribution in [2.75, 3.05) is 19.6 Å². The van der Waals surface area contributed by atoms with Crippen molar-refractivity contribution in [2.45, 2.75) is 49.0 Å². The molecule has 3 N–H and O–H groups in total. The van der Waals surface area contributed by atoms with Crippen molar-refractivity contribution in [2.24, 2.45) is 10.9 Å². The summed E-state index contributed by atoms with van der Waals surface area (Å²) in [7, 11) is -3.52. The van der Waals surface area contributed by atoms with Crippen LogP contribution < -0.4 is 15.4 Å². The summed E-state index contributed by atoms with van der Waals surface area (Å²) in [6.07, 6.45) is -3.04. The number of hydrogen-bond donors (Lipinski definition) is 3. The number of aliphatic imine (C=N–C) groups is 1. The van der Waals surface area contributed by atoms with Crippen molar-refractivity contribution in [1.29, 1.82) is 0 Å². The predicted molar refractivity (Wildman–Crippen MR) is 100 cm³/mol. The van der Waals surface area contributed by atoms with E-state index in [9.17, 15) is 21.6 Å². The summed E-state index contributed by atoms with van der Waals surface area (Å²) in [6.45, 7) is 2.84. The number of nitrogens with zero attached hydrogens (tertiary/aromatic N) is 1. The molecule has 0 amide bonds. The van der Waals surface area contributed by atoms with E-state index in [1.54, 1.807) is 11.4 Å².